The lowest BCUT2D eigenvalue weighted by Crippen LogP contribution is -2.08. The summed E-state index contributed by atoms with van der Waals surface area (Å²) in [7, 11) is 0. The van der Waals surface area contributed by atoms with Crippen molar-refractivity contribution >= 4 is 12.0 Å². The number of isocyanates is 1. The van der Waals surface area contributed by atoms with Crippen molar-refractivity contribution in [1.29, 1.82) is 0 Å². The Hall–Kier alpha value is -2.19. The highest BCUT2D eigenvalue weighted by Crippen LogP contribution is 2.15. The van der Waals surface area contributed by atoms with Crippen LogP contribution in [0.15, 0.2) is 41.4 Å². The molecule has 0 aliphatic rings. The van der Waals surface area contributed by atoms with Crippen molar-refractivity contribution in [3.8, 4) is 5.75 Å². The lowest BCUT2D eigenvalue weighted by atomic mass is 10.2. The van der Waals surface area contributed by atoms with E-state index in [9.17, 15) is 9.59 Å². The molecule has 82 valence electrons. The molecular formula is C12H11NO3. The van der Waals surface area contributed by atoms with Gasteiger partial charge in [0.15, 0.2) is 0 Å². The Morgan fingerprint density at radius 1 is 1.56 bits per heavy atom. The second kappa shape index (κ2) is 5.63. The Morgan fingerprint density at radius 2 is 2.31 bits per heavy atom. The van der Waals surface area contributed by atoms with E-state index in [0.717, 1.165) is 5.56 Å². The summed E-state index contributed by atoms with van der Waals surface area (Å²) in [5, 5.41) is 0. The van der Waals surface area contributed by atoms with Gasteiger partial charge >= 0.3 is 5.97 Å². The van der Waals surface area contributed by atoms with E-state index < -0.39 is 5.97 Å². The van der Waals surface area contributed by atoms with E-state index in [0.29, 0.717) is 11.3 Å². The number of carbonyl (C=O) groups excluding carboxylic acids is 2. The molecule has 0 saturated heterocycles. The van der Waals surface area contributed by atoms with Crippen LogP contribution >= 0.6 is 0 Å². The van der Waals surface area contributed by atoms with Crippen molar-refractivity contribution in [2.24, 2.45) is 4.99 Å². The molecule has 0 saturated carbocycles. The van der Waals surface area contributed by atoms with Gasteiger partial charge in [-0.25, -0.2) is 14.6 Å². The van der Waals surface area contributed by atoms with Crippen LogP contribution in [0.2, 0.25) is 0 Å². The van der Waals surface area contributed by atoms with Gasteiger partial charge in [0.1, 0.15) is 5.75 Å². The molecular weight excluding hydrogens is 206 g/mol. The topological polar surface area (TPSA) is 55.7 Å². The maximum absolute atomic E-state index is 11.2. The van der Waals surface area contributed by atoms with Crippen LogP contribution in [0.3, 0.4) is 0 Å². The van der Waals surface area contributed by atoms with Gasteiger partial charge in [0.05, 0.1) is 6.54 Å². The number of benzene rings is 1. The maximum Gasteiger partial charge on any atom is 0.338 e. The average Bonchev–Trinajstić information content (AvgIpc) is 2.26. The van der Waals surface area contributed by atoms with Crippen LogP contribution in [0.25, 0.3) is 0 Å². The summed E-state index contributed by atoms with van der Waals surface area (Å²) in [6.45, 7) is 5.28. The van der Waals surface area contributed by atoms with Crippen molar-refractivity contribution in [3.63, 3.8) is 0 Å². The summed E-state index contributed by atoms with van der Waals surface area (Å²) in [5.74, 6) is -0.0670. The number of hydrogen-bond acceptors (Lipinski definition) is 4. The zero-order valence-electron chi connectivity index (χ0n) is 8.90. The monoisotopic (exact) mass is 217 g/mol. The lowest BCUT2D eigenvalue weighted by Gasteiger charge is -2.04. The Labute approximate surface area is 93.3 Å². The zero-order chi connectivity index (χ0) is 12.0. The van der Waals surface area contributed by atoms with Gasteiger partial charge in [-0.05, 0) is 24.6 Å². The summed E-state index contributed by atoms with van der Waals surface area (Å²) >= 11 is 0. The third kappa shape index (κ3) is 3.52. The fourth-order valence-corrected chi connectivity index (χ4v) is 1.03. The number of rotatable bonds is 4. The zero-order valence-corrected chi connectivity index (χ0v) is 8.90. The number of hydrogen-bond donors (Lipinski definition) is 0. The molecule has 0 amide bonds. The number of aliphatic imine (C=N–C) groups is 1. The van der Waals surface area contributed by atoms with Gasteiger partial charge in [-0.15, -0.1) is 0 Å². The Bertz CT molecular complexity index is 459. The van der Waals surface area contributed by atoms with Crippen LogP contribution in [-0.2, 0) is 16.1 Å². The van der Waals surface area contributed by atoms with E-state index in [1.807, 2.05) is 0 Å². The van der Waals surface area contributed by atoms with E-state index in [1.165, 1.54) is 6.08 Å². The van der Waals surface area contributed by atoms with Crippen molar-refractivity contribution in [3.05, 3.63) is 42.0 Å². The smallest absolute Gasteiger partial charge is 0.338 e. The average molecular weight is 217 g/mol. The van der Waals surface area contributed by atoms with Crippen LogP contribution < -0.4 is 4.74 Å². The highest BCUT2D eigenvalue weighted by molar-refractivity contribution is 5.88. The molecule has 0 radical (unpaired) electrons. The summed E-state index contributed by atoms with van der Waals surface area (Å²) in [6, 6.07) is 6.78. The van der Waals surface area contributed by atoms with Gasteiger partial charge in [0.25, 0.3) is 0 Å². The summed E-state index contributed by atoms with van der Waals surface area (Å²) in [6.07, 6.45) is 1.45. The quantitative estimate of drug-likeness (QED) is 0.255. The molecule has 0 aromatic heterocycles. The summed E-state index contributed by atoms with van der Waals surface area (Å²) in [5.41, 5.74) is 1.10. The largest absolute Gasteiger partial charge is 0.423 e. The molecule has 0 aliphatic heterocycles. The molecule has 1 rings (SSSR count). The first kappa shape index (κ1) is 11.9. The fourth-order valence-electron chi connectivity index (χ4n) is 1.03. The molecule has 0 unspecified atom stereocenters. The minimum absolute atomic E-state index is 0.224. The molecule has 16 heavy (non-hydrogen) atoms. The standard InChI is InChI=1S/C12H11NO3/c1-9(2)12(15)16-11-5-3-4-10(6-11)7-13-8-14/h3-6H,1,7H2,2H3. The second-order valence-electron chi connectivity index (χ2n) is 3.22. The van der Waals surface area contributed by atoms with Crippen molar-refractivity contribution in [2.45, 2.75) is 13.5 Å². The predicted molar refractivity (Wildman–Crippen MR) is 58.7 cm³/mol. The first-order chi connectivity index (χ1) is 7.63. The Balaban J connectivity index is 2.78. The molecule has 0 N–H and O–H groups in total. The molecule has 4 heteroatoms. The van der Waals surface area contributed by atoms with E-state index in [4.69, 9.17) is 4.74 Å². The predicted octanol–water partition coefficient (Wildman–Crippen LogP) is 2.00. The first-order valence-corrected chi connectivity index (χ1v) is 4.63. The van der Waals surface area contributed by atoms with Gasteiger partial charge in [-0.3, -0.25) is 0 Å². The summed E-state index contributed by atoms with van der Waals surface area (Å²) < 4.78 is 5.02. The molecule has 0 spiro atoms. The van der Waals surface area contributed by atoms with E-state index in [-0.39, 0.29) is 6.54 Å². The SMILES string of the molecule is C=C(C)C(=O)Oc1cccc(CN=C=O)c1. The third-order valence-electron chi connectivity index (χ3n) is 1.78. The minimum Gasteiger partial charge on any atom is -0.423 e. The molecule has 4 nitrogen and oxygen atoms in total. The van der Waals surface area contributed by atoms with Gasteiger partial charge in [0, 0.05) is 5.57 Å². The fraction of sp³-hybridized carbons (Fsp3) is 0.167. The van der Waals surface area contributed by atoms with Gasteiger partial charge < -0.3 is 4.74 Å². The van der Waals surface area contributed by atoms with Crippen molar-refractivity contribution in [2.75, 3.05) is 0 Å². The number of carbonyl (C=O) groups is 1. The van der Waals surface area contributed by atoms with Crippen LogP contribution in [0.4, 0.5) is 0 Å². The number of ether oxygens (including phenoxy) is 1. The second-order valence-corrected chi connectivity index (χ2v) is 3.22. The van der Waals surface area contributed by atoms with Gasteiger partial charge in [-0.2, -0.15) is 0 Å². The molecule has 1 aromatic carbocycles. The van der Waals surface area contributed by atoms with Crippen LogP contribution in [0.5, 0.6) is 5.75 Å². The first-order valence-electron chi connectivity index (χ1n) is 4.63. The molecule has 0 heterocycles. The van der Waals surface area contributed by atoms with Crippen LogP contribution in [-0.4, -0.2) is 12.0 Å². The maximum atomic E-state index is 11.2. The Kier molecular flexibility index (Phi) is 4.18. The van der Waals surface area contributed by atoms with Crippen molar-refractivity contribution in [1.82, 2.24) is 0 Å². The van der Waals surface area contributed by atoms with E-state index >= 15 is 0 Å². The highest BCUT2D eigenvalue weighted by atomic mass is 16.5. The highest BCUT2D eigenvalue weighted by Gasteiger charge is 2.05. The molecule has 0 aliphatic carbocycles. The molecule has 0 atom stereocenters. The number of nitrogens with zero attached hydrogens (tertiary/aromatic N) is 1. The minimum atomic E-state index is -0.476. The van der Waals surface area contributed by atoms with Crippen LogP contribution in [0.1, 0.15) is 12.5 Å². The van der Waals surface area contributed by atoms with Gasteiger partial charge in [-0.1, -0.05) is 18.7 Å². The lowest BCUT2D eigenvalue weighted by molar-refractivity contribution is -0.130. The summed E-state index contributed by atoms with van der Waals surface area (Å²) in [4.78, 5) is 24.6. The van der Waals surface area contributed by atoms with Crippen LogP contribution in [0, 0.1) is 0 Å². The van der Waals surface area contributed by atoms with Crippen molar-refractivity contribution < 1.29 is 14.3 Å². The van der Waals surface area contributed by atoms with E-state index in [2.05, 4.69) is 11.6 Å². The number of esters is 1. The Morgan fingerprint density at radius 3 is 2.94 bits per heavy atom. The molecule has 0 fully saturated rings. The van der Waals surface area contributed by atoms with Gasteiger partial charge in [0.2, 0.25) is 6.08 Å². The normalized spacial score (nSPS) is 9.06. The molecule has 0 bridgehead atoms. The molecule has 1 aromatic rings. The van der Waals surface area contributed by atoms with E-state index in [1.54, 1.807) is 31.2 Å². The third-order valence-corrected chi connectivity index (χ3v) is 1.78.